The van der Waals surface area contributed by atoms with Crippen LogP contribution in [0.5, 0.6) is 5.88 Å². The monoisotopic (exact) mass is 276 g/mol. The van der Waals surface area contributed by atoms with E-state index in [1.165, 1.54) is 6.20 Å². The minimum atomic E-state index is -0.557. The van der Waals surface area contributed by atoms with Gasteiger partial charge in [0.15, 0.2) is 5.82 Å². The number of rotatable bonds is 5. The van der Waals surface area contributed by atoms with Gasteiger partial charge in [-0.05, 0) is 31.5 Å². The van der Waals surface area contributed by atoms with E-state index < -0.39 is 11.9 Å². The van der Waals surface area contributed by atoms with Gasteiger partial charge in [0.05, 0.1) is 18.3 Å². The van der Waals surface area contributed by atoms with Gasteiger partial charge in [0.2, 0.25) is 0 Å². The van der Waals surface area contributed by atoms with Gasteiger partial charge in [-0.2, -0.15) is 0 Å². The molecular formula is C14H17FN4O. The van der Waals surface area contributed by atoms with Crippen molar-refractivity contribution in [1.29, 1.82) is 0 Å². The second-order valence-electron chi connectivity index (χ2n) is 4.26. The fourth-order valence-corrected chi connectivity index (χ4v) is 2.01. The van der Waals surface area contributed by atoms with Crippen LogP contribution in [-0.4, -0.2) is 16.6 Å². The summed E-state index contributed by atoms with van der Waals surface area (Å²) >= 11 is 0. The normalized spacial score (nSPS) is 12.2. The van der Waals surface area contributed by atoms with E-state index in [2.05, 4.69) is 15.4 Å². The first-order valence-electron chi connectivity index (χ1n) is 6.33. The molecule has 2 aromatic heterocycles. The average molecular weight is 276 g/mol. The Kier molecular flexibility index (Phi) is 4.60. The third-order valence-electron chi connectivity index (χ3n) is 2.97. The average Bonchev–Trinajstić information content (AvgIpc) is 2.45. The maximum Gasteiger partial charge on any atom is 0.250 e. The second kappa shape index (κ2) is 6.40. The molecule has 0 fully saturated rings. The predicted molar refractivity (Wildman–Crippen MR) is 73.5 cm³/mol. The Balaban J connectivity index is 2.48. The van der Waals surface area contributed by atoms with Crippen LogP contribution in [0.1, 0.15) is 29.8 Å². The van der Waals surface area contributed by atoms with Gasteiger partial charge in [0.25, 0.3) is 5.88 Å². The lowest BCUT2D eigenvalue weighted by Crippen LogP contribution is -2.31. The van der Waals surface area contributed by atoms with Gasteiger partial charge in [-0.1, -0.05) is 6.07 Å². The number of hydrazine groups is 1. The summed E-state index contributed by atoms with van der Waals surface area (Å²) in [4.78, 5) is 8.15. The van der Waals surface area contributed by atoms with E-state index in [0.717, 1.165) is 5.56 Å². The first-order valence-corrected chi connectivity index (χ1v) is 6.33. The lowest BCUT2D eigenvalue weighted by molar-refractivity contribution is 0.304. The zero-order valence-corrected chi connectivity index (χ0v) is 11.4. The molecule has 0 aliphatic carbocycles. The fourth-order valence-electron chi connectivity index (χ4n) is 2.01. The van der Waals surface area contributed by atoms with Crippen molar-refractivity contribution in [3.8, 4) is 5.88 Å². The Morgan fingerprint density at radius 2 is 2.15 bits per heavy atom. The maximum absolute atomic E-state index is 14.4. The van der Waals surface area contributed by atoms with Crippen molar-refractivity contribution in [2.24, 2.45) is 5.84 Å². The Morgan fingerprint density at radius 3 is 2.80 bits per heavy atom. The Labute approximate surface area is 117 Å². The highest BCUT2D eigenvalue weighted by Gasteiger charge is 2.22. The first kappa shape index (κ1) is 14.4. The van der Waals surface area contributed by atoms with E-state index in [1.54, 1.807) is 19.2 Å². The molecule has 0 aliphatic rings. The highest BCUT2D eigenvalue weighted by Crippen LogP contribution is 2.27. The third-order valence-corrected chi connectivity index (χ3v) is 2.97. The highest BCUT2D eigenvalue weighted by atomic mass is 19.1. The molecule has 5 nitrogen and oxygen atoms in total. The quantitative estimate of drug-likeness (QED) is 0.644. The maximum atomic E-state index is 14.4. The molecule has 0 amide bonds. The van der Waals surface area contributed by atoms with Crippen molar-refractivity contribution in [1.82, 2.24) is 15.4 Å². The number of ether oxygens (including phenoxy) is 1. The van der Waals surface area contributed by atoms with Gasteiger partial charge in [-0.25, -0.2) is 14.8 Å². The smallest absolute Gasteiger partial charge is 0.250 e. The van der Waals surface area contributed by atoms with Crippen molar-refractivity contribution in [3.05, 3.63) is 53.2 Å². The molecule has 0 spiro atoms. The Bertz CT molecular complexity index is 591. The molecule has 0 saturated heterocycles. The lowest BCUT2D eigenvalue weighted by Gasteiger charge is -2.19. The Morgan fingerprint density at radius 1 is 1.35 bits per heavy atom. The highest BCUT2D eigenvalue weighted by molar-refractivity contribution is 5.35. The van der Waals surface area contributed by atoms with Crippen LogP contribution in [0, 0.1) is 12.7 Å². The number of halogens is 1. The molecule has 6 heteroatoms. The summed E-state index contributed by atoms with van der Waals surface area (Å²) in [7, 11) is 0. The number of nitrogens with one attached hydrogen (secondary N) is 1. The minimum absolute atomic E-state index is 0.0289. The summed E-state index contributed by atoms with van der Waals surface area (Å²) in [5.74, 6) is 5.03. The minimum Gasteiger partial charge on any atom is -0.476 e. The molecule has 2 rings (SSSR count). The molecule has 2 aromatic rings. The third kappa shape index (κ3) is 2.76. The topological polar surface area (TPSA) is 73.1 Å². The summed E-state index contributed by atoms with van der Waals surface area (Å²) in [5.41, 5.74) is 4.54. The molecule has 1 atom stereocenters. The Hall–Kier alpha value is -2.05. The van der Waals surface area contributed by atoms with E-state index in [9.17, 15) is 4.39 Å². The van der Waals surface area contributed by atoms with Crippen LogP contribution in [0.25, 0.3) is 0 Å². The molecular weight excluding hydrogens is 259 g/mol. The molecule has 0 aliphatic heterocycles. The van der Waals surface area contributed by atoms with Crippen molar-refractivity contribution in [3.63, 3.8) is 0 Å². The van der Waals surface area contributed by atoms with E-state index in [1.807, 2.05) is 19.1 Å². The molecule has 2 heterocycles. The molecule has 106 valence electrons. The molecule has 0 bridgehead atoms. The summed E-state index contributed by atoms with van der Waals surface area (Å²) in [6, 6.07) is 4.73. The van der Waals surface area contributed by atoms with Crippen LogP contribution >= 0.6 is 0 Å². The number of pyridine rings is 2. The molecule has 0 aromatic carbocycles. The molecule has 20 heavy (non-hydrogen) atoms. The summed E-state index contributed by atoms with van der Waals surface area (Å²) in [6.45, 7) is 4.02. The van der Waals surface area contributed by atoms with E-state index in [4.69, 9.17) is 10.6 Å². The summed E-state index contributed by atoms with van der Waals surface area (Å²) in [5, 5.41) is 0. The number of aryl methyl sites for hydroxylation is 1. The molecule has 1 unspecified atom stereocenters. The van der Waals surface area contributed by atoms with Crippen molar-refractivity contribution < 1.29 is 9.13 Å². The fraction of sp³-hybridized carbons (Fsp3) is 0.286. The molecule has 0 saturated carbocycles. The van der Waals surface area contributed by atoms with Gasteiger partial charge in [-0.3, -0.25) is 10.8 Å². The standard InChI is InChI=1S/C14H17FN4O/c1-3-20-14-11(15)10(6-8-18-14)13(19-16)12-9(2)5-4-7-17-12/h4-8,13,19H,3,16H2,1-2H3. The SMILES string of the molecule is CCOc1nccc(C(NN)c2ncccc2C)c1F. The van der Waals surface area contributed by atoms with Crippen LogP contribution < -0.4 is 16.0 Å². The largest absolute Gasteiger partial charge is 0.476 e. The van der Waals surface area contributed by atoms with Gasteiger partial charge < -0.3 is 4.74 Å². The summed E-state index contributed by atoms with van der Waals surface area (Å²) in [6.07, 6.45) is 3.14. The number of nitrogens with two attached hydrogens (primary N) is 1. The number of aromatic nitrogens is 2. The number of nitrogens with zero attached hydrogens (tertiary/aromatic N) is 2. The van der Waals surface area contributed by atoms with Crippen LogP contribution in [0.3, 0.4) is 0 Å². The molecule has 3 N–H and O–H groups in total. The lowest BCUT2D eigenvalue weighted by atomic mass is 10.0. The van der Waals surface area contributed by atoms with Gasteiger partial charge in [-0.15, -0.1) is 0 Å². The second-order valence-corrected chi connectivity index (χ2v) is 4.26. The van der Waals surface area contributed by atoms with Gasteiger partial charge in [0.1, 0.15) is 0 Å². The predicted octanol–water partition coefficient (Wildman–Crippen LogP) is 1.88. The number of hydrogen-bond donors (Lipinski definition) is 2. The van der Waals surface area contributed by atoms with Crippen LogP contribution in [0.4, 0.5) is 4.39 Å². The van der Waals surface area contributed by atoms with E-state index in [-0.39, 0.29) is 5.88 Å². The zero-order chi connectivity index (χ0) is 14.5. The van der Waals surface area contributed by atoms with Crippen LogP contribution in [0.15, 0.2) is 30.6 Å². The zero-order valence-electron chi connectivity index (χ0n) is 11.4. The molecule has 0 radical (unpaired) electrons. The van der Waals surface area contributed by atoms with Crippen LogP contribution in [0.2, 0.25) is 0 Å². The van der Waals surface area contributed by atoms with Crippen molar-refractivity contribution in [2.75, 3.05) is 6.61 Å². The van der Waals surface area contributed by atoms with Crippen molar-refractivity contribution in [2.45, 2.75) is 19.9 Å². The van der Waals surface area contributed by atoms with Gasteiger partial charge >= 0.3 is 0 Å². The first-order chi connectivity index (χ1) is 9.69. The van der Waals surface area contributed by atoms with E-state index >= 15 is 0 Å². The van der Waals surface area contributed by atoms with E-state index in [0.29, 0.717) is 17.9 Å². The summed E-state index contributed by atoms with van der Waals surface area (Å²) < 4.78 is 19.6. The van der Waals surface area contributed by atoms with Gasteiger partial charge in [0, 0.05) is 18.0 Å². The van der Waals surface area contributed by atoms with Crippen molar-refractivity contribution >= 4 is 0 Å². The number of hydrogen-bond acceptors (Lipinski definition) is 5. The van der Waals surface area contributed by atoms with Crippen LogP contribution in [-0.2, 0) is 0 Å².